The number of furan rings is 1. The van der Waals surface area contributed by atoms with Crippen LogP contribution in [0.25, 0.3) is 0 Å². The van der Waals surface area contributed by atoms with Gasteiger partial charge in [0.1, 0.15) is 5.76 Å². The van der Waals surface area contributed by atoms with Crippen molar-refractivity contribution < 1.29 is 4.42 Å². The standard InChI is InChI=1S/C7H12N2O/c1-8-6-9-5-7-3-2-4-10-7/h2-4,8-9H,5-6H2,1H3. The highest BCUT2D eigenvalue weighted by molar-refractivity contribution is 4.97. The SMILES string of the molecule is CNCNCc1ccco1. The Morgan fingerprint density at radius 2 is 2.50 bits per heavy atom. The predicted octanol–water partition coefficient (Wildman–Crippen LogP) is 0.546. The maximum Gasteiger partial charge on any atom is 0.117 e. The first kappa shape index (κ1) is 7.31. The van der Waals surface area contributed by atoms with Gasteiger partial charge in [0, 0.05) is 6.67 Å². The van der Waals surface area contributed by atoms with E-state index in [2.05, 4.69) is 10.6 Å². The van der Waals surface area contributed by atoms with Crippen LogP contribution in [0.5, 0.6) is 0 Å². The van der Waals surface area contributed by atoms with Gasteiger partial charge in [-0.15, -0.1) is 0 Å². The van der Waals surface area contributed by atoms with Crippen molar-refractivity contribution in [2.75, 3.05) is 13.7 Å². The van der Waals surface area contributed by atoms with Crippen molar-refractivity contribution in [3.05, 3.63) is 24.2 Å². The quantitative estimate of drug-likeness (QED) is 0.473. The van der Waals surface area contributed by atoms with E-state index >= 15 is 0 Å². The molecule has 1 rings (SSSR count). The van der Waals surface area contributed by atoms with Gasteiger partial charge < -0.3 is 9.73 Å². The summed E-state index contributed by atoms with van der Waals surface area (Å²) in [5.74, 6) is 0.968. The molecule has 0 aliphatic carbocycles. The predicted molar refractivity (Wildman–Crippen MR) is 39.5 cm³/mol. The molecule has 0 fully saturated rings. The smallest absolute Gasteiger partial charge is 0.117 e. The van der Waals surface area contributed by atoms with E-state index in [0.717, 1.165) is 19.0 Å². The Morgan fingerprint density at radius 3 is 3.10 bits per heavy atom. The van der Waals surface area contributed by atoms with Gasteiger partial charge in [-0.3, -0.25) is 5.32 Å². The largest absolute Gasteiger partial charge is 0.468 e. The lowest BCUT2D eigenvalue weighted by Crippen LogP contribution is -2.24. The minimum Gasteiger partial charge on any atom is -0.468 e. The maximum absolute atomic E-state index is 5.09. The summed E-state index contributed by atoms with van der Waals surface area (Å²) < 4.78 is 5.09. The molecule has 0 spiro atoms. The summed E-state index contributed by atoms with van der Waals surface area (Å²) in [5.41, 5.74) is 0. The molecule has 0 aliphatic heterocycles. The van der Waals surface area contributed by atoms with Crippen molar-refractivity contribution in [2.24, 2.45) is 0 Å². The molecule has 0 radical (unpaired) electrons. The van der Waals surface area contributed by atoms with Gasteiger partial charge in [0.25, 0.3) is 0 Å². The highest BCUT2D eigenvalue weighted by Crippen LogP contribution is 1.97. The van der Waals surface area contributed by atoms with Gasteiger partial charge in [-0.05, 0) is 19.2 Å². The fourth-order valence-electron chi connectivity index (χ4n) is 0.724. The Labute approximate surface area is 60.4 Å². The first-order chi connectivity index (χ1) is 4.93. The third-order valence-corrected chi connectivity index (χ3v) is 1.18. The van der Waals surface area contributed by atoms with Crippen LogP contribution in [-0.4, -0.2) is 13.7 Å². The van der Waals surface area contributed by atoms with E-state index in [-0.39, 0.29) is 0 Å². The highest BCUT2D eigenvalue weighted by atomic mass is 16.3. The van der Waals surface area contributed by atoms with Crippen LogP contribution in [0.15, 0.2) is 22.8 Å². The second kappa shape index (κ2) is 4.09. The molecule has 1 aromatic heterocycles. The number of nitrogens with one attached hydrogen (secondary N) is 2. The molecule has 1 heterocycles. The summed E-state index contributed by atoms with van der Waals surface area (Å²) in [6, 6.07) is 3.83. The second-order valence-corrected chi connectivity index (χ2v) is 2.04. The van der Waals surface area contributed by atoms with E-state index in [1.165, 1.54) is 0 Å². The Hall–Kier alpha value is -0.800. The number of rotatable bonds is 4. The molecule has 3 heteroatoms. The molecule has 10 heavy (non-hydrogen) atoms. The van der Waals surface area contributed by atoms with E-state index < -0.39 is 0 Å². The van der Waals surface area contributed by atoms with Crippen LogP contribution in [0.1, 0.15) is 5.76 Å². The average molecular weight is 140 g/mol. The third kappa shape index (κ3) is 2.21. The number of hydrogen-bond acceptors (Lipinski definition) is 3. The van der Waals surface area contributed by atoms with Gasteiger partial charge in [-0.1, -0.05) is 0 Å². The van der Waals surface area contributed by atoms with Gasteiger partial charge in [0.05, 0.1) is 12.8 Å². The third-order valence-electron chi connectivity index (χ3n) is 1.18. The lowest BCUT2D eigenvalue weighted by molar-refractivity contribution is 0.478. The normalized spacial score (nSPS) is 10.1. The second-order valence-electron chi connectivity index (χ2n) is 2.04. The van der Waals surface area contributed by atoms with Crippen LogP contribution < -0.4 is 10.6 Å². The molecule has 0 saturated carbocycles. The summed E-state index contributed by atoms with van der Waals surface area (Å²) >= 11 is 0. The first-order valence-electron chi connectivity index (χ1n) is 3.31. The van der Waals surface area contributed by atoms with E-state index in [1.54, 1.807) is 6.26 Å². The van der Waals surface area contributed by atoms with E-state index in [9.17, 15) is 0 Å². The van der Waals surface area contributed by atoms with Gasteiger partial charge in [0.2, 0.25) is 0 Å². The molecular weight excluding hydrogens is 128 g/mol. The van der Waals surface area contributed by atoms with Gasteiger partial charge in [-0.25, -0.2) is 0 Å². The Morgan fingerprint density at radius 1 is 1.60 bits per heavy atom. The molecular formula is C7H12N2O. The first-order valence-corrected chi connectivity index (χ1v) is 3.31. The van der Waals surface area contributed by atoms with Crippen molar-refractivity contribution in [3.8, 4) is 0 Å². The Kier molecular flexibility index (Phi) is 2.99. The zero-order chi connectivity index (χ0) is 7.23. The molecule has 0 unspecified atom stereocenters. The molecule has 2 N–H and O–H groups in total. The van der Waals surface area contributed by atoms with Crippen LogP contribution in [0, 0.1) is 0 Å². The van der Waals surface area contributed by atoms with Gasteiger partial charge in [0.15, 0.2) is 0 Å². The summed E-state index contributed by atoms with van der Waals surface area (Å²) in [7, 11) is 1.90. The molecule has 56 valence electrons. The van der Waals surface area contributed by atoms with Crippen LogP contribution in [0.3, 0.4) is 0 Å². The lowest BCUT2D eigenvalue weighted by Gasteiger charge is -1.98. The Bertz CT molecular complexity index is 160. The monoisotopic (exact) mass is 140 g/mol. The van der Waals surface area contributed by atoms with Crippen LogP contribution in [0.4, 0.5) is 0 Å². The fourth-order valence-corrected chi connectivity index (χ4v) is 0.724. The summed E-state index contributed by atoms with van der Waals surface area (Å²) in [5, 5.41) is 6.11. The summed E-state index contributed by atoms with van der Waals surface area (Å²) in [6.07, 6.45) is 1.68. The zero-order valence-electron chi connectivity index (χ0n) is 6.05. The Balaban J connectivity index is 2.15. The molecule has 0 aromatic carbocycles. The molecule has 0 saturated heterocycles. The zero-order valence-corrected chi connectivity index (χ0v) is 6.05. The van der Waals surface area contributed by atoms with E-state index in [1.807, 2.05) is 19.2 Å². The van der Waals surface area contributed by atoms with E-state index in [0.29, 0.717) is 0 Å². The van der Waals surface area contributed by atoms with E-state index in [4.69, 9.17) is 4.42 Å². The van der Waals surface area contributed by atoms with Crippen molar-refractivity contribution in [2.45, 2.75) is 6.54 Å². The van der Waals surface area contributed by atoms with Crippen molar-refractivity contribution in [1.29, 1.82) is 0 Å². The minimum atomic E-state index is 0.786. The van der Waals surface area contributed by atoms with Gasteiger partial charge >= 0.3 is 0 Å². The molecule has 3 nitrogen and oxygen atoms in total. The van der Waals surface area contributed by atoms with Crippen LogP contribution >= 0.6 is 0 Å². The average Bonchev–Trinajstić information content (AvgIpc) is 2.41. The van der Waals surface area contributed by atoms with Crippen molar-refractivity contribution in [1.82, 2.24) is 10.6 Å². The van der Waals surface area contributed by atoms with Crippen LogP contribution in [0.2, 0.25) is 0 Å². The molecule has 1 aromatic rings. The molecule has 0 aliphatic rings. The summed E-state index contributed by atoms with van der Waals surface area (Å²) in [6.45, 7) is 1.59. The molecule has 0 bridgehead atoms. The van der Waals surface area contributed by atoms with Gasteiger partial charge in [-0.2, -0.15) is 0 Å². The number of hydrogen-bond donors (Lipinski definition) is 2. The lowest BCUT2D eigenvalue weighted by atomic mass is 10.4. The van der Waals surface area contributed by atoms with Crippen molar-refractivity contribution >= 4 is 0 Å². The maximum atomic E-state index is 5.09. The molecule has 0 atom stereocenters. The molecule has 0 amide bonds. The highest BCUT2D eigenvalue weighted by Gasteiger charge is 1.90. The topological polar surface area (TPSA) is 37.2 Å². The fraction of sp³-hybridized carbons (Fsp3) is 0.429. The summed E-state index contributed by atoms with van der Waals surface area (Å²) in [4.78, 5) is 0. The van der Waals surface area contributed by atoms with Crippen molar-refractivity contribution in [3.63, 3.8) is 0 Å². The minimum absolute atomic E-state index is 0.786. The van der Waals surface area contributed by atoms with Crippen LogP contribution in [-0.2, 0) is 6.54 Å².